The fourth-order valence-corrected chi connectivity index (χ4v) is 2.43. The molecular weight excluding hydrogens is 294 g/mol. The molecule has 3 N–H and O–H groups in total. The molecule has 2 aromatic rings. The lowest BCUT2D eigenvalue weighted by Crippen LogP contribution is -2.21. The zero-order valence-corrected chi connectivity index (χ0v) is 11.6. The van der Waals surface area contributed by atoms with E-state index in [-0.39, 0.29) is 0 Å². The van der Waals surface area contributed by atoms with E-state index in [2.05, 4.69) is 25.4 Å². The van der Waals surface area contributed by atoms with E-state index < -0.39 is 17.4 Å². The molecule has 0 saturated heterocycles. The first-order chi connectivity index (χ1) is 10.1. The molecule has 1 aromatic carbocycles. The number of aromatic nitrogens is 3. The molecule has 21 heavy (non-hydrogen) atoms. The van der Waals surface area contributed by atoms with Crippen LogP contribution in [0.15, 0.2) is 24.3 Å². The van der Waals surface area contributed by atoms with Crippen molar-refractivity contribution in [2.24, 2.45) is 0 Å². The molecule has 1 heterocycles. The van der Waals surface area contributed by atoms with E-state index in [9.17, 15) is 14.7 Å². The molecule has 0 atom stereocenters. The van der Waals surface area contributed by atoms with Crippen molar-refractivity contribution in [1.29, 1.82) is 0 Å². The lowest BCUT2D eigenvalue weighted by Gasteiger charge is -2.11. The van der Waals surface area contributed by atoms with Crippen molar-refractivity contribution in [3.63, 3.8) is 0 Å². The highest BCUT2D eigenvalue weighted by Gasteiger charge is 2.51. The zero-order chi connectivity index (χ0) is 14.9. The largest absolute Gasteiger partial charge is 0.481 e. The van der Waals surface area contributed by atoms with Crippen molar-refractivity contribution in [3.05, 3.63) is 29.8 Å². The van der Waals surface area contributed by atoms with Gasteiger partial charge in [-0.3, -0.25) is 10.1 Å². The molecule has 1 aliphatic carbocycles. The molecule has 0 bridgehead atoms. The van der Waals surface area contributed by atoms with Crippen LogP contribution in [0.5, 0.6) is 0 Å². The van der Waals surface area contributed by atoms with Crippen LogP contribution in [0.2, 0.25) is 0 Å². The maximum absolute atomic E-state index is 11.7. The normalized spacial score (nSPS) is 15.2. The number of hydrogen-bond acceptors (Lipinski definition) is 6. The molecule has 0 aliphatic heterocycles. The predicted molar refractivity (Wildman–Crippen MR) is 75.3 cm³/mol. The number of anilines is 2. The van der Waals surface area contributed by atoms with Crippen LogP contribution >= 0.6 is 11.5 Å². The second-order valence-electron chi connectivity index (χ2n) is 4.71. The number of carbonyl (C=O) groups is 2. The number of hydrogen-bond donors (Lipinski definition) is 3. The maximum atomic E-state index is 11.7. The van der Waals surface area contributed by atoms with Gasteiger partial charge in [-0.15, -0.1) is 0 Å². The third-order valence-electron chi connectivity index (χ3n) is 3.37. The van der Waals surface area contributed by atoms with E-state index >= 15 is 0 Å². The molecule has 3 rings (SSSR count). The number of aliphatic carboxylic acids is 1. The Bertz CT molecular complexity index is 667. The third kappa shape index (κ3) is 2.68. The third-order valence-corrected chi connectivity index (χ3v) is 3.89. The molecule has 1 saturated carbocycles. The minimum Gasteiger partial charge on any atom is -0.481 e. The molecule has 0 spiro atoms. The Morgan fingerprint density at radius 3 is 2.43 bits per heavy atom. The first kappa shape index (κ1) is 13.4. The van der Waals surface area contributed by atoms with E-state index in [1.165, 1.54) is 0 Å². The SMILES string of the molecule is O=C(Nc1ccc(C2(C(=O)O)CC2)cc1)Nc1nnns1. The van der Waals surface area contributed by atoms with Crippen LogP contribution in [-0.4, -0.2) is 31.9 Å². The summed E-state index contributed by atoms with van der Waals surface area (Å²) in [7, 11) is 0. The van der Waals surface area contributed by atoms with Crippen LogP contribution in [0.25, 0.3) is 0 Å². The molecule has 1 aromatic heterocycles. The highest BCUT2D eigenvalue weighted by Crippen LogP contribution is 2.48. The number of carbonyl (C=O) groups excluding carboxylic acids is 1. The van der Waals surface area contributed by atoms with E-state index in [1.54, 1.807) is 24.3 Å². The fraction of sp³-hybridized carbons (Fsp3) is 0.250. The van der Waals surface area contributed by atoms with Gasteiger partial charge < -0.3 is 10.4 Å². The molecule has 0 unspecified atom stereocenters. The lowest BCUT2D eigenvalue weighted by molar-refractivity contribution is -0.140. The number of carboxylic acids is 1. The number of carboxylic acid groups (broad SMARTS) is 1. The quantitative estimate of drug-likeness (QED) is 0.791. The monoisotopic (exact) mass is 305 g/mol. The number of benzene rings is 1. The first-order valence-electron chi connectivity index (χ1n) is 6.17. The minimum absolute atomic E-state index is 0.298. The lowest BCUT2D eigenvalue weighted by atomic mass is 9.96. The molecule has 8 nitrogen and oxygen atoms in total. The van der Waals surface area contributed by atoms with Crippen molar-refractivity contribution >= 4 is 34.4 Å². The summed E-state index contributed by atoms with van der Waals surface area (Å²) >= 11 is 0.970. The summed E-state index contributed by atoms with van der Waals surface area (Å²) in [5, 5.41) is 21.6. The summed E-state index contributed by atoms with van der Waals surface area (Å²) in [6, 6.07) is 6.35. The first-order valence-corrected chi connectivity index (χ1v) is 6.94. The van der Waals surface area contributed by atoms with Gasteiger partial charge in [0.25, 0.3) is 0 Å². The second kappa shape index (κ2) is 5.09. The summed E-state index contributed by atoms with van der Waals surface area (Å²) in [5.41, 5.74) is 0.586. The molecule has 2 amide bonds. The predicted octanol–water partition coefficient (Wildman–Crippen LogP) is 1.69. The average molecular weight is 305 g/mol. The van der Waals surface area contributed by atoms with Crippen molar-refractivity contribution in [3.8, 4) is 0 Å². The number of amides is 2. The maximum Gasteiger partial charge on any atom is 0.325 e. The van der Waals surface area contributed by atoms with Gasteiger partial charge >= 0.3 is 12.0 Å². The van der Waals surface area contributed by atoms with E-state index in [1.807, 2.05) is 0 Å². The van der Waals surface area contributed by atoms with E-state index in [0.29, 0.717) is 23.7 Å². The van der Waals surface area contributed by atoms with Crippen molar-refractivity contribution in [2.75, 3.05) is 10.6 Å². The van der Waals surface area contributed by atoms with Gasteiger partial charge in [0, 0.05) is 17.2 Å². The summed E-state index contributed by atoms with van der Waals surface area (Å²) in [5.74, 6) is -0.801. The standard InChI is InChI=1S/C12H11N5O3S/c18-9(19)12(5-6-12)7-1-3-8(4-2-7)13-10(20)14-11-15-16-17-21-11/h1-4H,5-6H2,(H,18,19)(H2,13,14,15,17,20). The number of nitrogens with one attached hydrogen (secondary N) is 2. The highest BCUT2D eigenvalue weighted by molar-refractivity contribution is 7.09. The molecular formula is C12H11N5O3S. The van der Waals surface area contributed by atoms with Crippen LogP contribution in [0.1, 0.15) is 18.4 Å². The van der Waals surface area contributed by atoms with Crippen LogP contribution in [0.3, 0.4) is 0 Å². The summed E-state index contributed by atoms with van der Waals surface area (Å²) in [4.78, 5) is 22.9. The van der Waals surface area contributed by atoms with Gasteiger partial charge in [0.1, 0.15) is 0 Å². The van der Waals surface area contributed by atoms with Gasteiger partial charge in [-0.25, -0.2) is 4.79 Å². The second-order valence-corrected chi connectivity index (χ2v) is 5.44. The van der Waals surface area contributed by atoms with Crippen molar-refractivity contribution in [1.82, 2.24) is 14.8 Å². The Morgan fingerprint density at radius 2 is 1.90 bits per heavy atom. The van der Waals surface area contributed by atoms with Gasteiger partial charge in [0.2, 0.25) is 5.13 Å². The zero-order valence-electron chi connectivity index (χ0n) is 10.7. The van der Waals surface area contributed by atoms with Gasteiger partial charge in [-0.05, 0) is 35.8 Å². The fourth-order valence-electron chi connectivity index (χ4n) is 2.06. The Hall–Kier alpha value is -2.55. The van der Waals surface area contributed by atoms with E-state index in [4.69, 9.17) is 0 Å². The summed E-state index contributed by atoms with van der Waals surface area (Å²) in [6.07, 6.45) is 1.30. The molecule has 108 valence electrons. The minimum atomic E-state index is -0.801. The van der Waals surface area contributed by atoms with Crippen LogP contribution in [0.4, 0.5) is 15.6 Å². The summed E-state index contributed by atoms with van der Waals surface area (Å²) in [6.45, 7) is 0. The molecule has 0 radical (unpaired) electrons. The van der Waals surface area contributed by atoms with Gasteiger partial charge in [0.15, 0.2) is 0 Å². The van der Waals surface area contributed by atoms with Crippen molar-refractivity contribution < 1.29 is 14.7 Å². The Kier molecular flexibility index (Phi) is 3.26. The smallest absolute Gasteiger partial charge is 0.325 e. The van der Waals surface area contributed by atoms with Crippen LogP contribution in [0, 0.1) is 0 Å². The highest BCUT2D eigenvalue weighted by atomic mass is 32.1. The van der Waals surface area contributed by atoms with Gasteiger partial charge in [0.05, 0.1) is 5.41 Å². The van der Waals surface area contributed by atoms with Crippen molar-refractivity contribution in [2.45, 2.75) is 18.3 Å². The molecule has 1 fully saturated rings. The Morgan fingerprint density at radius 1 is 1.19 bits per heavy atom. The number of urea groups is 1. The number of nitrogens with zero attached hydrogens (tertiary/aromatic N) is 3. The van der Waals surface area contributed by atoms with E-state index in [0.717, 1.165) is 17.1 Å². The van der Waals surface area contributed by atoms with Gasteiger partial charge in [-0.1, -0.05) is 21.7 Å². The van der Waals surface area contributed by atoms with Gasteiger partial charge in [-0.2, -0.15) is 0 Å². The topological polar surface area (TPSA) is 117 Å². The Balaban J connectivity index is 1.65. The summed E-state index contributed by atoms with van der Waals surface area (Å²) < 4.78 is 3.53. The Labute approximate surface area is 123 Å². The molecule has 1 aliphatic rings. The number of rotatable bonds is 4. The molecule has 9 heteroatoms. The van der Waals surface area contributed by atoms with Crippen LogP contribution < -0.4 is 10.6 Å². The average Bonchev–Trinajstić information content (AvgIpc) is 3.12. The van der Waals surface area contributed by atoms with Crippen LogP contribution in [-0.2, 0) is 10.2 Å².